The SMILES string of the molecule is CN=C(NCc1coc(-c2ccc(C)cc2)n1)NC1CCCC(C)C1. The van der Waals surface area contributed by atoms with Gasteiger partial charge in [-0.2, -0.15) is 0 Å². The zero-order valence-electron chi connectivity index (χ0n) is 15.4. The maximum absolute atomic E-state index is 5.61. The Labute approximate surface area is 150 Å². The first-order valence-corrected chi connectivity index (χ1v) is 9.12. The van der Waals surface area contributed by atoms with Gasteiger partial charge in [0.05, 0.1) is 12.2 Å². The number of aromatic nitrogens is 1. The molecule has 0 bridgehead atoms. The molecule has 1 aliphatic rings. The minimum atomic E-state index is 0.510. The highest BCUT2D eigenvalue weighted by Gasteiger charge is 2.19. The molecule has 1 aliphatic carbocycles. The van der Waals surface area contributed by atoms with Crippen LogP contribution < -0.4 is 10.6 Å². The molecule has 5 nitrogen and oxygen atoms in total. The molecular formula is C20H28N4O. The highest BCUT2D eigenvalue weighted by Crippen LogP contribution is 2.23. The number of benzene rings is 1. The fraction of sp³-hybridized carbons (Fsp3) is 0.500. The molecule has 0 saturated heterocycles. The van der Waals surface area contributed by atoms with Gasteiger partial charge < -0.3 is 15.1 Å². The summed E-state index contributed by atoms with van der Waals surface area (Å²) < 4.78 is 5.61. The Morgan fingerprint density at radius 2 is 2.08 bits per heavy atom. The smallest absolute Gasteiger partial charge is 0.226 e. The van der Waals surface area contributed by atoms with E-state index < -0.39 is 0 Å². The molecule has 1 heterocycles. The summed E-state index contributed by atoms with van der Waals surface area (Å²) in [5.74, 6) is 2.27. The van der Waals surface area contributed by atoms with E-state index in [1.54, 1.807) is 6.26 Å². The summed E-state index contributed by atoms with van der Waals surface area (Å²) in [7, 11) is 1.81. The molecule has 2 N–H and O–H groups in total. The van der Waals surface area contributed by atoms with Crippen molar-refractivity contribution in [2.75, 3.05) is 7.05 Å². The van der Waals surface area contributed by atoms with Crippen molar-refractivity contribution in [1.29, 1.82) is 0 Å². The summed E-state index contributed by atoms with van der Waals surface area (Å²) in [6.45, 7) is 4.99. The Morgan fingerprint density at radius 3 is 2.80 bits per heavy atom. The molecule has 0 spiro atoms. The van der Waals surface area contributed by atoms with Gasteiger partial charge in [0.2, 0.25) is 5.89 Å². The molecule has 2 atom stereocenters. The lowest BCUT2D eigenvalue weighted by Gasteiger charge is -2.28. The minimum Gasteiger partial charge on any atom is -0.444 e. The van der Waals surface area contributed by atoms with Crippen molar-refractivity contribution in [3.8, 4) is 11.5 Å². The van der Waals surface area contributed by atoms with Crippen LogP contribution >= 0.6 is 0 Å². The molecule has 2 aromatic rings. The number of rotatable bonds is 4. The van der Waals surface area contributed by atoms with Gasteiger partial charge in [0, 0.05) is 18.7 Å². The van der Waals surface area contributed by atoms with Gasteiger partial charge in [-0.3, -0.25) is 4.99 Å². The Kier molecular flexibility index (Phi) is 5.74. The first-order chi connectivity index (χ1) is 12.1. The number of nitrogens with zero attached hydrogens (tertiary/aromatic N) is 2. The monoisotopic (exact) mass is 340 g/mol. The van der Waals surface area contributed by atoms with E-state index in [0.717, 1.165) is 23.1 Å². The van der Waals surface area contributed by atoms with Crippen molar-refractivity contribution in [2.24, 2.45) is 10.9 Å². The van der Waals surface area contributed by atoms with E-state index >= 15 is 0 Å². The van der Waals surface area contributed by atoms with Gasteiger partial charge in [0.15, 0.2) is 5.96 Å². The average molecular weight is 340 g/mol. The van der Waals surface area contributed by atoms with E-state index in [4.69, 9.17) is 4.42 Å². The lowest BCUT2D eigenvalue weighted by atomic mass is 9.87. The Morgan fingerprint density at radius 1 is 1.28 bits per heavy atom. The normalized spacial score (nSPS) is 21.2. The van der Waals surface area contributed by atoms with Crippen LogP contribution in [0, 0.1) is 12.8 Å². The molecule has 0 radical (unpaired) electrons. The largest absolute Gasteiger partial charge is 0.444 e. The number of oxazole rings is 1. The molecule has 134 valence electrons. The minimum absolute atomic E-state index is 0.510. The summed E-state index contributed by atoms with van der Waals surface area (Å²) in [6, 6.07) is 8.70. The predicted octanol–water partition coefficient (Wildman–Crippen LogP) is 3.89. The van der Waals surface area contributed by atoms with Crippen LogP contribution in [-0.2, 0) is 6.54 Å². The van der Waals surface area contributed by atoms with Crippen molar-refractivity contribution in [1.82, 2.24) is 15.6 Å². The third-order valence-corrected chi connectivity index (χ3v) is 4.79. The lowest BCUT2D eigenvalue weighted by Crippen LogP contribution is -2.44. The lowest BCUT2D eigenvalue weighted by molar-refractivity contribution is 0.324. The van der Waals surface area contributed by atoms with Crippen LogP contribution in [0.4, 0.5) is 0 Å². The van der Waals surface area contributed by atoms with Gasteiger partial charge >= 0.3 is 0 Å². The second-order valence-electron chi connectivity index (χ2n) is 7.05. The fourth-order valence-electron chi connectivity index (χ4n) is 3.34. The van der Waals surface area contributed by atoms with Gasteiger partial charge in [0.1, 0.15) is 6.26 Å². The highest BCUT2D eigenvalue weighted by molar-refractivity contribution is 5.79. The number of aliphatic imine (C=N–C) groups is 1. The maximum atomic E-state index is 5.61. The molecular weight excluding hydrogens is 312 g/mol. The Balaban J connectivity index is 1.54. The van der Waals surface area contributed by atoms with Crippen LogP contribution in [0.2, 0.25) is 0 Å². The third kappa shape index (κ3) is 4.84. The van der Waals surface area contributed by atoms with E-state index in [1.807, 2.05) is 19.2 Å². The number of nitrogens with one attached hydrogen (secondary N) is 2. The molecule has 1 fully saturated rings. The number of aryl methyl sites for hydroxylation is 1. The second-order valence-corrected chi connectivity index (χ2v) is 7.05. The van der Waals surface area contributed by atoms with Crippen molar-refractivity contribution >= 4 is 5.96 Å². The number of guanidine groups is 1. The van der Waals surface area contributed by atoms with Crippen LogP contribution in [0.5, 0.6) is 0 Å². The maximum Gasteiger partial charge on any atom is 0.226 e. The zero-order valence-corrected chi connectivity index (χ0v) is 15.4. The van der Waals surface area contributed by atoms with Crippen molar-refractivity contribution in [3.63, 3.8) is 0 Å². The first-order valence-electron chi connectivity index (χ1n) is 9.12. The molecule has 3 rings (SSSR count). The van der Waals surface area contributed by atoms with E-state index in [1.165, 1.54) is 31.2 Å². The zero-order chi connectivity index (χ0) is 17.6. The van der Waals surface area contributed by atoms with Crippen LogP contribution in [-0.4, -0.2) is 24.0 Å². The Bertz CT molecular complexity index is 705. The summed E-state index contributed by atoms with van der Waals surface area (Å²) >= 11 is 0. The molecule has 5 heteroatoms. The van der Waals surface area contributed by atoms with Gasteiger partial charge in [-0.05, 0) is 37.8 Å². The molecule has 2 unspecified atom stereocenters. The number of hydrogen-bond acceptors (Lipinski definition) is 3. The molecule has 0 aliphatic heterocycles. The number of hydrogen-bond donors (Lipinski definition) is 2. The van der Waals surface area contributed by atoms with Crippen molar-refractivity contribution < 1.29 is 4.42 Å². The van der Waals surface area contributed by atoms with E-state index in [2.05, 4.69) is 46.6 Å². The second kappa shape index (κ2) is 8.19. The van der Waals surface area contributed by atoms with Crippen LogP contribution in [0.3, 0.4) is 0 Å². The molecule has 1 aromatic heterocycles. The molecule has 1 aromatic carbocycles. The third-order valence-electron chi connectivity index (χ3n) is 4.79. The first kappa shape index (κ1) is 17.5. The van der Waals surface area contributed by atoms with Gasteiger partial charge in [-0.1, -0.05) is 37.5 Å². The summed E-state index contributed by atoms with van der Waals surface area (Å²) in [5, 5.41) is 6.87. The molecule has 0 amide bonds. The van der Waals surface area contributed by atoms with Crippen molar-refractivity contribution in [3.05, 3.63) is 41.8 Å². The standard InChI is InChI=1S/C20H28N4O/c1-14-7-9-16(10-8-14)19-23-18(13-25-19)12-22-20(21-3)24-17-6-4-5-15(2)11-17/h7-10,13,15,17H,4-6,11-12H2,1-3H3,(H2,21,22,24). The van der Waals surface area contributed by atoms with E-state index in [-0.39, 0.29) is 0 Å². The average Bonchev–Trinajstić information content (AvgIpc) is 3.08. The summed E-state index contributed by atoms with van der Waals surface area (Å²) in [5.41, 5.74) is 3.09. The van der Waals surface area contributed by atoms with E-state index in [9.17, 15) is 0 Å². The Hall–Kier alpha value is -2.30. The molecule has 25 heavy (non-hydrogen) atoms. The van der Waals surface area contributed by atoms with Crippen LogP contribution in [0.15, 0.2) is 39.9 Å². The predicted molar refractivity (Wildman–Crippen MR) is 101 cm³/mol. The topological polar surface area (TPSA) is 62.5 Å². The van der Waals surface area contributed by atoms with Crippen LogP contribution in [0.25, 0.3) is 11.5 Å². The quantitative estimate of drug-likeness (QED) is 0.655. The van der Waals surface area contributed by atoms with Crippen molar-refractivity contribution in [2.45, 2.75) is 52.1 Å². The fourth-order valence-corrected chi connectivity index (χ4v) is 3.34. The highest BCUT2D eigenvalue weighted by atomic mass is 16.3. The summed E-state index contributed by atoms with van der Waals surface area (Å²) in [4.78, 5) is 8.90. The molecule has 1 saturated carbocycles. The van der Waals surface area contributed by atoms with Gasteiger partial charge in [-0.15, -0.1) is 0 Å². The van der Waals surface area contributed by atoms with Crippen LogP contribution in [0.1, 0.15) is 43.9 Å². The summed E-state index contributed by atoms with van der Waals surface area (Å²) in [6.07, 6.45) is 6.76. The van der Waals surface area contributed by atoms with E-state index in [0.29, 0.717) is 18.5 Å². The van der Waals surface area contributed by atoms with Gasteiger partial charge in [-0.25, -0.2) is 4.98 Å². The van der Waals surface area contributed by atoms with Gasteiger partial charge in [0.25, 0.3) is 0 Å².